The number of para-hydroxylation sites is 1. The summed E-state index contributed by atoms with van der Waals surface area (Å²) in [7, 11) is 0. The molecule has 2 heterocycles. The van der Waals surface area contributed by atoms with E-state index in [0.717, 1.165) is 65.4 Å². The van der Waals surface area contributed by atoms with Crippen molar-refractivity contribution in [2.24, 2.45) is 5.73 Å². The molecule has 1 aliphatic heterocycles. The van der Waals surface area contributed by atoms with Crippen molar-refractivity contribution in [2.75, 3.05) is 17.6 Å². The van der Waals surface area contributed by atoms with E-state index < -0.39 is 0 Å². The maximum absolute atomic E-state index is 6.28. The minimum Gasteiger partial charge on any atom is -0.490 e. The van der Waals surface area contributed by atoms with Crippen molar-refractivity contribution >= 4 is 11.5 Å². The zero-order chi connectivity index (χ0) is 20.5. The first-order valence-electron chi connectivity index (χ1n) is 10.9. The number of hydrogen-bond donors (Lipinski definition) is 3. The topological polar surface area (TPSA) is 91.1 Å². The van der Waals surface area contributed by atoms with Crippen LogP contribution in [0.25, 0.3) is 11.3 Å². The number of hydrogen-bond acceptors (Lipinski definition) is 5. The minimum absolute atomic E-state index is 0.103. The van der Waals surface area contributed by atoms with Gasteiger partial charge in [0, 0.05) is 29.9 Å². The van der Waals surface area contributed by atoms with Crippen molar-refractivity contribution in [1.82, 2.24) is 9.78 Å². The predicted octanol–water partition coefficient (Wildman–Crippen LogP) is 4.32. The van der Waals surface area contributed by atoms with E-state index in [1.807, 2.05) is 30.3 Å². The van der Waals surface area contributed by atoms with E-state index in [0.29, 0.717) is 12.6 Å². The third-order valence-electron chi connectivity index (χ3n) is 6.31. The van der Waals surface area contributed by atoms with Gasteiger partial charge in [0.1, 0.15) is 11.6 Å². The largest absolute Gasteiger partial charge is 0.490 e. The van der Waals surface area contributed by atoms with Gasteiger partial charge in [0.2, 0.25) is 0 Å². The van der Waals surface area contributed by atoms with Crippen LogP contribution in [0.1, 0.15) is 49.3 Å². The Kier molecular flexibility index (Phi) is 5.09. The number of anilines is 2. The maximum atomic E-state index is 6.28. The summed E-state index contributed by atoms with van der Waals surface area (Å²) < 4.78 is 8.18. The minimum atomic E-state index is 0.103. The molecule has 0 spiro atoms. The van der Waals surface area contributed by atoms with Crippen molar-refractivity contribution in [3.8, 4) is 17.0 Å². The van der Waals surface area contributed by atoms with E-state index in [1.54, 1.807) is 0 Å². The molecule has 0 saturated heterocycles. The first-order valence-corrected chi connectivity index (χ1v) is 10.9. The normalized spacial score (nSPS) is 18.8. The fourth-order valence-corrected chi connectivity index (χ4v) is 4.75. The molecule has 6 heteroatoms. The lowest BCUT2D eigenvalue weighted by molar-refractivity contribution is 0.210. The van der Waals surface area contributed by atoms with Crippen LogP contribution in [0.5, 0.6) is 5.75 Å². The van der Waals surface area contributed by atoms with Crippen molar-refractivity contribution in [3.63, 3.8) is 0 Å². The second-order valence-corrected chi connectivity index (χ2v) is 8.23. The van der Waals surface area contributed by atoms with Crippen LogP contribution in [0, 0.1) is 0 Å². The number of nitrogens with one attached hydrogen (secondary N) is 1. The Hall–Kier alpha value is -2.99. The molecule has 1 fully saturated rings. The predicted molar refractivity (Wildman–Crippen MR) is 121 cm³/mol. The summed E-state index contributed by atoms with van der Waals surface area (Å²) in [6.45, 7) is 1.29. The van der Waals surface area contributed by atoms with Crippen LogP contribution in [0.15, 0.2) is 48.5 Å². The first-order chi connectivity index (χ1) is 14.7. The van der Waals surface area contributed by atoms with Crippen molar-refractivity contribution in [2.45, 2.75) is 50.8 Å². The van der Waals surface area contributed by atoms with Crippen LogP contribution in [-0.4, -0.2) is 22.4 Å². The van der Waals surface area contributed by atoms with Gasteiger partial charge in [-0.1, -0.05) is 18.2 Å². The van der Waals surface area contributed by atoms with Gasteiger partial charge in [-0.3, -0.25) is 0 Å². The van der Waals surface area contributed by atoms with E-state index in [-0.39, 0.29) is 6.04 Å². The molecule has 1 unspecified atom stereocenters. The van der Waals surface area contributed by atoms with Crippen molar-refractivity contribution in [1.29, 1.82) is 0 Å². The third-order valence-corrected chi connectivity index (χ3v) is 6.31. The average molecular weight is 404 g/mol. The van der Waals surface area contributed by atoms with Crippen LogP contribution in [0.3, 0.4) is 0 Å². The monoisotopic (exact) mass is 403 g/mol. The van der Waals surface area contributed by atoms with Gasteiger partial charge >= 0.3 is 0 Å². The molecule has 6 nitrogen and oxygen atoms in total. The zero-order valence-corrected chi connectivity index (χ0v) is 17.2. The lowest BCUT2D eigenvalue weighted by Crippen LogP contribution is -2.25. The zero-order valence-electron chi connectivity index (χ0n) is 17.2. The number of benzene rings is 2. The average Bonchev–Trinajstić information content (AvgIpc) is 3.42. The smallest absolute Gasteiger partial charge is 0.130 e. The van der Waals surface area contributed by atoms with Crippen LogP contribution in [0.2, 0.25) is 0 Å². The molecule has 1 atom stereocenters. The van der Waals surface area contributed by atoms with Crippen molar-refractivity contribution < 1.29 is 4.74 Å². The molecular weight excluding hydrogens is 374 g/mol. The third kappa shape index (κ3) is 3.41. The van der Waals surface area contributed by atoms with Gasteiger partial charge in [0.05, 0.1) is 17.8 Å². The summed E-state index contributed by atoms with van der Waals surface area (Å²) in [5.74, 6) is 1.93. The lowest BCUT2D eigenvalue weighted by Gasteiger charge is -2.27. The Morgan fingerprint density at radius 1 is 1.03 bits per heavy atom. The highest BCUT2D eigenvalue weighted by molar-refractivity contribution is 5.70. The van der Waals surface area contributed by atoms with E-state index in [1.165, 1.54) is 12.8 Å². The molecule has 1 aromatic heterocycles. The van der Waals surface area contributed by atoms with Gasteiger partial charge < -0.3 is 21.5 Å². The molecule has 5 rings (SSSR count). The van der Waals surface area contributed by atoms with Gasteiger partial charge in [-0.25, -0.2) is 4.68 Å². The van der Waals surface area contributed by atoms with E-state index in [9.17, 15) is 0 Å². The molecule has 1 aliphatic carbocycles. The summed E-state index contributed by atoms with van der Waals surface area (Å²) in [6.07, 6.45) is 6.13. The SMILES string of the molecule is NCc1c(-c2ccc(OC3CCCC3)cc2)nn2c1NCCC2c1ccccc1N. The van der Waals surface area contributed by atoms with Gasteiger partial charge in [0.25, 0.3) is 0 Å². The van der Waals surface area contributed by atoms with Gasteiger partial charge in [-0.15, -0.1) is 0 Å². The van der Waals surface area contributed by atoms with Gasteiger partial charge in [-0.2, -0.15) is 5.10 Å². The number of nitrogens with zero attached hydrogens (tertiary/aromatic N) is 2. The summed E-state index contributed by atoms with van der Waals surface area (Å²) >= 11 is 0. The summed E-state index contributed by atoms with van der Waals surface area (Å²) in [5, 5.41) is 8.51. The Bertz CT molecular complexity index is 1020. The molecule has 30 heavy (non-hydrogen) atoms. The second-order valence-electron chi connectivity index (χ2n) is 8.23. The molecule has 0 radical (unpaired) electrons. The quantitative estimate of drug-likeness (QED) is 0.552. The van der Waals surface area contributed by atoms with Crippen LogP contribution >= 0.6 is 0 Å². The fraction of sp³-hybridized carbons (Fsp3) is 0.375. The second kappa shape index (κ2) is 8.03. The Morgan fingerprint density at radius 3 is 2.53 bits per heavy atom. The van der Waals surface area contributed by atoms with Crippen molar-refractivity contribution in [3.05, 3.63) is 59.7 Å². The number of aromatic nitrogens is 2. The van der Waals surface area contributed by atoms with Crippen LogP contribution in [-0.2, 0) is 6.54 Å². The Labute approximate surface area is 177 Å². The Morgan fingerprint density at radius 2 is 1.80 bits per heavy atom. The molecule has 156 valence electrons. The van der Waals surface area contributed by atoms with E-state index in [2.05, 4.69) is 28.2 Å². The van der Waals surface area contributed by atoms with E-state index >= 15 is 0 Å². The first kappa shape index (κ1) is 19.0. The summed E-state index contributed by atoms with van der Waals surface area (Å²) in [5.41, 5.74) is 17.4. The summed E-state index contributed by atoms with van der Waals surface area (Å²) in [6, 6.07) is 16.4. The number of ether oxygens (including phenoxy) is 1. The number of nitrogens with two attached hydrogens (primary N) is 2. The van der Waals surface area contributed by atoms with Gasteiger partial charge in [-0.05, 0) is 68.0 Å². The molecule has 0 amide bonds. The van der Waals surface area contributed by atoms with E-state index in [4.69, 9.17) is 21.3 Å². The number of rotatable bonds is 5. The standard InChI is InChI=1S/C24H29N5O/c25-15-20-23(16-9-11-18(12-10-16)30-17-5-1-2-6-17)28-29-22(13-14-27-24(20)29)19-7-3-4-8-21(19)26/h3-4,7-12,17,22,27H,1-2,5-6,13-15,25-26H2. The molecular formula is C24H29N5O. The van der Waals surface area contributed by atoms with Crippen LogP contribution in [0.4, 0.5) is 11.5 Å². The molecule has 0 bridgehead atoms. The highest BCUT2D eigenvalue weighted by Crippen LogP contribution is 2.38. The molecule has 1 saturated carbocycles. The maximum Gasteiger partial charge on any atom is 0.130 e. The lowest BCUT2D eigenvalue weighted by atomic mass is 10.00. The molecule has 2 aromatic carbocycles. The highest BCUT2D eigenvalue weighted by Gasteiger charge is 2.28. The van der Waals surface area contributed by atoms with Crippen LogP contribution < -0.4 is 21.5 Å². The highest BCUT2D eigenvalue weighted by atomic mass is 16.5. The molecule has 3 aromatic rings. The fourth-order valence-electron chi connectivity index (χ4n) is 4.75. The summed E-state index contributed by atoms with van der Waals surface area (Å²) in [4.78, 5) is 0. The molecule has 2 aliphatic rings. The number of fused-ring (bicyclic) bond motifs is 1. The Balaban J connectivity index is 1.48. The number of nitrogen functional groups attached to an aromatic ring is 1. The van der Waals surface area contributed by atoms with Gasteiger partial charge in [0.15, 0.2) is 0 Å². The molecule has 5 N–H and O–H groups in total.